The maximum absolute atomic E-state index is 12.6. The summed E-state index contributed by atoms with van der Waals surface area (Å²) in [5.41, 5.74) is 3.48. The fourth-order valence-corrected chi connectivity index (χ4v) is 4.44. The topological polar surface area (TPSA) is 79.4 Å². The van der Waals surface area contributed by atoms with Crippen LogP contribution in [0.2, 0.25) is 0 Å². The number of amides is 1. The van der Waals surface area contributed by atoms with Crippen molar-refractivity contribution in [2.24, 2.45) is 0 Å². The van der Waals surface area contributed by atoms with Crippen molar-refractivity contribution in [1.82, 2.24) is 9.71 Å². The molecule has 124 valence electrons. The van der Waals surface area contributed by atoms with E-state index in [0.717, 1.165) is 16.8 Å². The highest BCUT2D eigenvalue weighted by atomic mass is 32.2. The number of benzene rings is 1. The highest BCUT2D eigenvalue weighted by molar-refractivity contribution is 7.89. The van der Waals surface area contributed by atoms with E-state index in [-0.39, 0.29) is 17.3 Å². The van der Waals surface area contributed by atoms with Crippen molar-refractivity contribution in [3.63, 3.8) is 0 Å². The summed E-state index contributed by atoms with van der Waals surface area (Å²) in [6.07, 6.45) is 3.38. The Balaban J connectivity index is 1.64. The minimum absolute atomic E-state index is 0.130. The lowest BCUT2D eigenvalue weighted by Gasteiger charge is -2.25. The zero-order valence-electron chi connectivity index (χ0n) is 13.0. The summed E-state index contributed by atoms with van der Waals surface area (Å²) >= 11 is 0. The van der Waals surface area contributed by atoms with Crippen LogP contribution >= 0.6 is 0 Å². The molecule has 1 aromatic carbocycles. The first-order chi connectivity index (χ1) is 11.5. The van der Waals surface area contributed by atoms with Crippen molar-refractivity contribution >= 4 is 21.6 Å². The van der Waals surface area contributed by atoms with Gasteiger partial charge < -0.3 is 4.90 Å². The van der Waals surface area contributed by atoms with E-state index >= 15 is 0 Å². The Morgan fingerprint density at radius 3 is 2.67 bits per heavy atom. The number of nitrogens with one attached hydrogen (secondary N) is 1. The van der Waals surface area contributed by atoms with E-state index in [2.05, 4.69) is 9.71 Å². The van der Waals surface area contributed by atoms with Gasteiger partial charge in [-0.2, -0.15) is 0 Å². The number of sulfonamides is 1. The maximum atomic E-state index is 12.6. The molecule has 0 unspecified atom stereocenters. The van der Waals surface area contributed by atoms with Crippen LogP contribution in [0.5, 0.6) is 0 Å². The molecule has 1 N–H and O–H groups in total. The van der Waals surface area contributed by atoms with Crippen molar-refractivity contribution in [3.8, 4) is 0 Å². The van der Waals surface area contributed by atoms with Crippen LogP contribution in [0.25, 0.3) is 0 Å². The average Bonchev–Trinajstić information content (AvgIpc) is 3.03. The van der Waals surface area contributed by atoms with Crippen LogP contribution in [0.4, 0.5) is 5.69 Å². The lowest BCUT2D eigenvalue weighted by Crippen LogP contribution is -2.33. The Morgan fingerprint density at radius 2 is 1.92 bits per heavy atom. The molecule has 2 aliphatic heterocycles. The molecule has 0 saturated carbocycles. The number of carbonyl (C=O) groups excluding carboxylic acids is 1. The van der Waals surface area contributed by atoms with Crippen molar-refractivity contribution in [3.05, 3.63) is 53.3 Å². The lowest BCUT2D eigenvalue weighted by molar-refractivity contribution is -0.118. The molecule has 0 spiro atoms. The van der Waals surface area contributed by atoms with Crippen LogP contribution in [0, 0.1) is 0 Å². The summed E-state index contributed by atoms with van der Waals surface area (Å²) in [4.78, 5) is 18.1. The Labute approximate surface area is 140 Å². The molecule has 1 aromatic heterocycles. The molecular formula is C17H17N3O3S. The summed E-state index contributed by atoms with van der Waals surface area (Å²) in [5, 5.41) is 0. The first kappa shape index (κ1) is 15.3. The number of hydrogen-bond donors (Lipinski definition) is 1. The van der Waals surface area contributed by atoms with Crippen LogP contribution in [-0.4, -0.2) is 25.9 Å². The fourth-order valence-electron chi connectivity index (χ4n) is 3.34. The van der Waals surface area contributed by atoms with Gasteiger partial charge in [0.2, 0.25) is 15.9 Å². The first-order valence-electron chi connectivity index (χ1n) is 7.90. The molecule has 6 nitrogen and oxygen atoms in total. The van der Waals surface area contributed by atoms with E-state index in [1.165, 1.54) is 0 Å². The molecule has 4 rings (SSSR count). The van der Waals surface area contributed by atoms with Gasteiger partial charge in [-0.05, 0) is 48.2 Å². The van der Waals surface area contributed by atoms with E-state index in [4.69, 9.17) is 0 Å². The third-order valence-electron chi connectivity index (χ3n) is 4.50. The van der Waals surface area contributed by atoms with E-state index in [0.29, 0.717) is 31.5 Å². The first-order valence-corrected chi connectivity index (χ1v) is 9.39. The van der Waals surface area contributed by atoms with E-state index < -0.39 is 10.0 Å². The highest BCUT2D eigenvalue weighted by Gasteiger charge is 2.32. The molecule has 2 aromatic rings. The monoisotopic (exact) mass is 343 g/mol. The van der Waals surface area contributed by atoms with E-state index in [1.807, 2.05) is 6.07 Å². The number of hydrogen-bond acceptors (Lipinski definition) is 4. The molecule has 0 fully saturated rings. The number of aromatic nitrogens is 1. The predicted octanol–water partition coefficient (Wildman–Crippen LogP) is 1.40. The smallest absolute Gasteiger partial charge is 0.240 e. The largest absolute Gasteiger partial charge is 0.312 e. The van der Waals surface area contributed by atoms with Crippen LogP contribution in [-0.2, 0) is 34.2 Å². The molecule has 2 aliphatic rings. The number of anilines is 1. The lowest BCUT2D eigenvalue weighted by atomic mass is 10.00. The molecule has 0 aliphatic carbocycles. The van der Waals surface area contributed by atoms with E-state index in [9.17, 15) is 13.2 Å². The maximum Gasteiger partial charge on any atom is 0.240 e. The normalized spacial score (nSPS) is 16.3. The van der Waals surface area contributed by atoms with Gasteiger partial charge in [0, 0.05) is 19.2 Å². The third-order valence-corrected chi connectivity index (χ3v) is 5.89. The van der Waals surface area contributed by atoms with Gasteiger partial charge in [0.05, 0.1) is 22.8 Å². The van der Waals surface area contributed by atoms with Crippen molar-refractivity contribution in [1.29, 1.82) is 0 Å². The summed E-state index contributed by atoms with van der Waals surface area (Å²) in [5.74, 6) is 0.130. The Kier molecular flexibility index (Phi) is 3.62. The highest BCUT2D eigenvalue weighted by Crippen LogP contribution is 2.38. The van der Waals surface area contributed by atoms with Gasteiger partial charge in [-0.15, -0.1) is 0 Å². The summed E-state index contributed by atoms with van der Waals surface area (Å²) in [6, 6.07) is 8.78. The number of nitrogens with zero attached hydrogens (tertiary/aromatic N) is 2. The zero-order chi connectivity index (χ0) is 16.7. The van der Waals surface area contributed by atoms with Crippen LogP contribution in [0.1, 0.15) is 23.2 Å². The second-order valence-corrected chi connectivity index (χ2v) is 7.80. The third kappa shape index (κ3) is 2.59. The molecule has 3 heterocycles. The molecule has 0 saturated heterocycles. The molecule has 0 atom stereocenters. The second kappa shape index (κ2) is 5.68. The van der Waals surface area contributed by atoms with Gasteiger partial charge in [-0.1, -0.05) is 6.07 Å². The number of carbonyl (C=O) groups is 1. The van der Waals surface area contributed by atoms with Crippen molar-refractivity contribution < 1.29 is 13.2 Å². The Bertz CT molecular complexity index is 910. The van der Waals surface area contributed by atoms with Gasteiger partial charge in [-0.25, -0.2) is 13.1 Å². The van der Waals surface area contributed by atoms with Crippen LogP contribution in [0.15, 0.2) is 41.4 Å². The number of aryl methyl sites for hydroxylation is 1. The molecule has 1 amide bonds. The van der Waals surface area contributed by atoms with Crippen molar-refractivity contribution in [2.75, 3.05) is 11.4 Å². The standard InChI is InChI=1S/C17H17N3O3S/c21-16-5-4-12-9-15(10-13-6-8-20(16)17(12)13)24(22,23)19-11-14-3-1-2-7-18-14/h1-3,7,9-10,19H,4-6,8,11H2. The number of pyridine rings is 1. The molecular weight excluding hydrogens is 326 g/mol. The quantitative estimate of drug-likeness (QED) is 0.910. The fraction of sp³-hybridized carbons (Fsp3) is 0.294. The average molecular weight is 343 g/mol. The minimum atomic E-state index is -3.61. The van der Waals surface area contributed by atoms with Gasteiger partial charge in [0.25, 0.3) is 0 Å². The number of rotatable bonds is 4. The van der Waals surface area contributed by atoms with Gasteiger partial charge in [-0.3, -0.25) is 9.78 Å². The minimum Gasteiger partial charge on any atom is -0.312 e. The molecule has 0 bridgehead atoms. The summed E-state index contributed by atoms with van der Waals surface area (Å²) < 4.78 is 27.8. The second-order valence-electron chi connectivity index (χ2n) is 6.03. The summed E-state index contributed by atoms with van der Waals surface area (Å²) in [6.45, 7) is 0.798. The zero-order valence-corrected chi connectivity index (χ0v) is 13.8. The SMILES string of the molecule is O=C1CCc2cc(S(=O)(=O)NCc3ccccn3)cc3c2N1CC3. The Hall–Kier alpha value is -2.25. The molecule has 0 radical (unpaired) electrons. The molecule has 24 heavy (non-hydrogen) atoms. The van der Waals surface area contributed by atoms with Crippen LogP contribution < -0.4 is 9.62 Å². The van der Waals surface area contributed by atoms with E-state index in [1.54, 1.807) is 35.4 Å². The van der Waals surface area contributed by atoms with Gasteiger partial charge in [0.1, 0.15) is 0 Å². The van der Waals surface area contributed by atoms with Gasteiger partial charge in [0.15, 0.2) is 0 Å². The predicted molar refractivity (Wildman–Crippen MR) is 89.1 cm³/mol. The van der Waals surface area contributed by atoms with Crippen molar-refractivity contribution in [2.45, 2.75) is 30.7 Å². The molecule has 7 heteroatoms. The Morgan fingerprint density at radius 1 is 1.12 bits per heavy atom. The summed E-state index contributed by atoms with van der Waals surface area (Å²) in [7, 11) is -3.61. The van der Waals surface area contributed by atoms with Crippen LogP contribution in [0.3, 0.4) is 0 Å². The van der Waals surface area contributed by atoms with Gasteiger partial charge >= 0.3 is 0 Å².